The molecule has 0 atom stereocenters. The summed E-state index contributed by atoms with van der Waals surface area (Å²) in [5.74, 6) is -0.318. The van der Waals surface area contributed by atoms with Crippen LogP contribution in [-0.2, 0) is 19.3 Å². The summed E-state index contributed by atoms with van der Waals surface area (Å²) in [7, 11) is -3.26. The van der Waals surface area contributed by atoms with Crippen molar-refractivity contribution < 1.29 is 22.3 Å². The molecule has 0 spiro atoms. The number of hydrogen-bond acceptors (Lipinski definition) is 5. The Bertz CT molecular complexity index is 1150. The Labute approximate surface area is 182 Å². The van der Waals surface area contributed by atoms with Crippen LogP contribution in [0.1, 0.15) is 37.5 Å². The topological polar surface area (TPSA) is 65.0 Å². The second-order valence-corrected chi connectivity index (χ2v) is 9.16. The van der Waals surface area contributed by atoms with Crippen molar-refractivity contribution in [2.75, 3.05) is 26.0 Å². The zero-order chi connectivity index (χ0) is 22.6. The Morgan fingerprint density at radius 1 is 1.03 bits per heavy atom. The quantitative estimate of drug-likeness (QED) is 0.466. The molecule has 0 amide bonds. The normalized spacial score (nSPS) is 14.5. The monoisotopic (exact) mass is 443 g/mol. The van der Waals surface area contributed by atoms with Crippen LogP contribution in [0.5, 0.6) is 0 Å². The third-order valence-electron chi connectivity index (χ3n) is 4.97. The van der Waals surface area contributed by atoms with Gasteiger partial charge in [0.1, 0.15) is 5.82 Å². The molecule has 0 saturated carbocycles. The second kappa shape index (κ2) is 9.47. The lowest BCUT2D eigenvalue weighted by Gasteiger charge is -2.08. The Morgan fingerprint density at radius 3 is 2.26 bits per heavy atom. The Morgan fingerprint density at radius 2 is 1.68 bits per heavy atom. The molecule has 5 nitrogen and oxygen atoms in total. The maximum Gasteiger partial charge on any atom is 0.383 e. The fraction of sp³-hybridized carbons (Fsp3) is 0.292. The third kappa shape index (κ3) is 5.22. The van der Waals surface area contributed by atoms with E-state index in [2.05, 4.69) is 4.99 Å². The van der Waals surface area contributed by atoms with E-state index in [0.29, 0.717) is 19.8 Å². The maximum absolute atomic E-state index is 14.0. The summed E-state index contributed by atoms with van der Waals surface area (Å²) in [5.41, 5.74) is 5.36. The number of allylic oxidation sites excluding steroid dienone is 2. The first-order valence-corrected chi connectivity index (χ1v) is 12.0. The number of aliphatic imine (C=N–C) groups is 1. The zero-order valence-corrected chi connectivity index (χ0v) is 18.9. The van der Waals surface area contributed by atoms with E-state index in [1.54, 1.807) is 30.3 Å². The molecule has 0 unspecified atom stereocenters. The van der Waals surface area contributed by atoms with E-state index < -0.39 is 9.84 Å². The lowest BCUT2D eigenvalue weighted by molar-refractivity contribution is 0.180. The average Bonchev–Trinajstić information content (AvgIpc) is 2.97. The minimum absolute atomic E-state index is 0.219. The summed E-state index contributed by atoms with van der Waals surface area (Å²) in [6.07, 6.45) is 3.37. The van der Waals surface area contributed by atoms with Gasteiger partial charge in [-0.05, 0) is 84.5 Å². The predicted octanol–water partition coefficient (Wildman–Crippen LogP) is 4.99. The molecule has 0 fully saturated rings. The molecular formula is C24H26FNO4S. The molecule has 2 aromatic carbocycles. The van der Waals surface area contributed by atoms with Gasteiger partial charge in [0.25, 0.3) is 0 Å². The predicted molar refractivity (Wildman–Crippen MR) is 122 cm³/mol. The molecule has 0 saturated heterocycles. The number of halogens is 1. The average molecular weight is 444 g/mol. The molecule has 164 valence electrons. The van der Waals surface area contributed by atoms with E-state index in [-0.39, 0.29) is 16.8 Å². The summed E-state index contributed by atoms with van der Waals surface area (Å²) in [6.45, 7) is 6.86. The van der Waals surface area contributed by atoms with E-state index in [1.165, 1.54) is 18.4 Å². The van der Waals surface area contributed by atoms with E-state index in [0.717, 1.165) is 33.4 Å². The number of hydrogen-bond donors (Lipinski definition) is 0. The number of nitrogens with zero attached hydrogens (tertiary/aromatic N) is 1. The fourth-order valence-corrected chi connectivity index (χ4v) is 4.09. The molecule has 0 aliphatic heterocycles. The molecule has 0 radical (unpaired) electrons. The molecule has 7 heteroatoms. The van der Waals surface area contributed by atoms with Gasteiger partial charge in [0.2, 0.25) is 0 Å². The van der Waals surface area contributed by atoms with Crippen molar-refractivity contribution in [3.05, 3.63) is 70.5 Å². The van der Waals surface area contributed by atoms with Gasteiger partial charge in [-0.1, -0.05) is 18.2 Å². The van der Waals surface area contributed by atoms with Crippen LogP contribution in [0.2, 0.25) is 0 Å². The first-order chi connectivity index (χ1) is 14.7. The maximum atomic E-state index is 14.0. The molecular weight excluding hydrogens is 417 g/mol. The highest BCUT2D eigenvalue weighted by atomic mass is 32.2. The van der Waals surface area contributed by atoms with Gasteiger partial charge in [0.05, 0.1) is 24.7 Å². The Balaban J connectivity index is 2.03. The van der Waals surface area contributed by atoms with Crippen molar-refractivity contribution in [3.8, 4) is 0 Å². The van der Waals surface area contributed by atoms with Crippen molar-refractivity contribution in [2.45, 2.75) is 25.7 Å². The molecule has 1 aliphatic carbocycles. The van der Waals surface area contributed by atoms with Gasteiger partial charge < -0.3 is 9.47 Å². The van der Waals surface area contributed by atoms with Crippen molar-refractivity contribution in [3.63, 3.8) is 0 Å². The van der Waals surface area contributed by atoms with Gasteiger partial charge in [-0.3, -0.25) is 0 Å². The zero-order valence-electron chi connectivity index (χ0n) is 18.1. The van der Waals surface area contributed by atoms with Crippen LogP contribution in [0.3, 0.4) is 0 Å². The van der Waals surface area contributed by atoms with Crippen LogP contribution in [0.25, 0.3) is 17.2 Å². The number of fused-ring (bicyclic) bond motifs is 1. The summed E-state index contributed by atoms with van der Waals surface area (Å²) in [4.78, 5) is 4.71. The third-order valence-corrected chi connectivity index (χ3v) is 6.10. The van der Waals surface area contributed by atoms with Crippen LogP contribution in [-0.4, -0.2) is 40.5 Å². The van der Waals surface area contributed by atoms with Crippen LogP contribution >= 0.6 is 0 Å². The molecule has 1 aliphatic rings. The summed E-state index contributed by atoms with van der Waals surface area (Å²) in [6, 6.07) is 11.4. The summed E-state index contributed by atoms with van der Waals surface area (Å²) >= 11 is 0. The SMILES string of the molecule is CCOC(=NCC1=C(C)C(=Cc2ccc(S(C)(=O)=O)cc2)c2ccc(F)cc21)OCC. The van der Waals surface area contributed by atoms with Gasteiger partial charge >= 0.3 is 6.08 Å². The molecule has 3 rings (SSSR count). The van der Waals surface area contributed by atoms with Crippen LogP contribution < -0.4 is 0 Å². The molecule has 0 bridgehead atoms. The minimum Gasteiger partial charge on any atom is -0.451 e. The van der Waals surface area contributed by atoms with Crippen molar-refractivity contribution in [1.29, 1.82) is 0 Å². The summed E-state index contributed by atoms with van der Waals surface area (Å²) < 4.78 is 48.3. The number of rotatable bonds is 6. The molecule has 0 N–H and O–H groups in total. The van der Waals surface area contributed by atoms with Crippen molar-refractivity contribution in [1.82, 2.24) is 0 Å². The first kappa shape index (κ1) is 22.7. The highest BCUT2D eigenvalue weighted by molar-refractivity contribution is 7.90. The van der Waals surface area contributed by atoms with Gasteiger partial charge in [-0.15, -0.1) is 0 Å². The fourth-order valence-electron chi connectivity index (χ4n) is 3.46. The first-order valence-electron chi connectivity index (χ1n) is 10.1. The highest BCUT2D eigenvalue weighted by Gasteiger charge is 2.24. The molecule has 0 aromatic heterocycles. The van der Waals surface area contributed by atoms with Crippen LogP contribution in [0.15, 0.2) is 57.9 Å². The Hall–Kier alpha value is -2.93. The largest absolute Gasteiger partial charge is 0.451 e. The van der Waals surface area contributed by atoms with E-state index in [4.69, 9.17) is 9.47 Å². The van der Waals surface area contributed by atoms with E-state index >= 15 is 0 Å². The number of sulfone groups is 1. The smallest absolute Gasteiger partial charge is 0.383 e. The van der Waals surface area contributed by atoms with Gasteiger partial charge in [0.15, 0.2) is 9.84 Å². The lowest BCUT2D eigenvalue weighted by atomic mass is 10.0. The molecule has 2 aromatic rings. The highest BCUT2D eigenvalue weighted by Crippen LogP contribution is 2.42. The standard InChI is InChI=1S/C24H26FNO4S/c1-5-29-24(30-6-2)26-15-23-16(3)21(20-12-9-18(25)14-22(20)23)13-17-7-10-19(11-8-17)31(4,27)28/h7-14H,5-6,15H2,1-4H3. The second-order valence-electron chi connectivity index (χ2n) is 7.14. The Kier molecular flexibility index (Phi) is 6.95. The van der Waals surface area contributed by atoms with Crippen molar-refractivity contribution in [2.24, 2.45) is 4.99 Å². The van der Waals surface area contributed by atoms with Crippen LogP contribution in [0.4, 0.5) is 4.39 Å². The van der Waals surface area contributed by atoms with E-state index in [9.17, 15) is 12.8 Å². The lowest BCUT2D eigenvalue weighted by Crippen LogP contribution is -2.10. The van der Waals surface area contributed by atoms with E-state index in [1.807, 2.05) is 26.8 Å². The summed E-state index contributed by atoms with van der Waals surface area (Å²) in [5, 5.41) is 0. The van der Waals surface area contributed by atoms with Gasteiger partial charge in [-0.2, -0.15) is 0 Å². The minimum atomic E-state index is -3.26. The van der Waals surface area contributed by atoms with Gasteiger partial charge in [-0.25, -0.2) is 17.8 Å². The van der Waals surface area contributed by atoms with Crippen molar-refractivity contribution >= 4 is 33.1 Å². The number of ether oxygens (including phenoxy) is 2. The van der Waals surface area contributed by atoms with Crippen LogP contribution in [0, 0.1) is 5.82 Å². The van der Waals surface area contributed by atoms with Gasteiger partial charge in [0, 0.05) is 6.26 Å². The number of benzene rings is 2. The molecule has 31 heavy (non-hydrogen) atoms. The molecule has 0 heterocycles.